The third-order valence-corrected chi connectivity index (χ3v) is 2.11. The fourth-order valence-corrected chi connectivity index (χ4v) is 1.28. The predicted octanol–water partition coefficient (Wildman–Crippen LogP) is 0.673. The normalized spacial score (nSPS) is 12.3. The van der Waals surface area contributed by atoms with Gasteiger partial charge in [0, 0.05) is 7.05 Å². The topological polar surface area (TPSA) is 58.2 Å². The van der Waals surface area contributed by atoms with Crippen molar-refractivity contribution in [2.24, 2.45) is 5.92 Å². The molecule has 0 aliphatic rings. The van der Waals surface area contributed by atoms with Crippen LogP contribution in [0.15, 0.2) is 0 Å². The maximum absolute atomic E-state index is 11.2. The summed E-state index contributed by atoms with van der Waals surface area (Å²) >= 11 is 0. The standard InChI is InChI=1S/C10H20N2O2/c1-8(2)5-4-6-9(12-7-13)10(14)11-3/h7-9H,4-6H2,1-3H3,(H,11,14)(H,12,13). The van der Waals surface area contributed by atoms with Crippen LogP contribution >= 0.6 is 0 Å². The fraction of sp³-hybridized carbons (Fsp3) is 0.800. The van der Waals surface area contributed by atoms with Gasteiger partial charge in [-0.05, 0) is 12.3 Å². The van der Waals surface area contributed by atoms with Gasteiger partial charge in [0.15, 0.2) is 0 Å². The number of amides is 2. The van der Waals surface area contributed by atoms with Gasteiger partial charge in [-0.2, -0.15) is 0 Å². The van der Waals surface area contributed by atoms with Gasteiger partial charge < -0.3 is 10.6 Å². The highest BCUT2D eigenvalue weighted by atomic mass is 16.2. The van der Waals surface area contributed by atoms with Gasteiger partial charge in [0.1, 0.15) is 6.04 Å². The zero-order valence-corrected chi connectivity index (χ0v) is 9.17. The van der Waals surface area contributed by atoms with E-state index in [4.69, 9.17) is 0 Å². The van der Waals surface area contributed by atoms with E-state index >= 15 is 0 Å². The molecule has 0 rings (SSSR count). The Labute approximate surface area is 85.4 Å². The van der Waals surface area contributed by atoms with Crippen LogP contribution in [-0.4, -0.2) is 25.4 Å². The molecule has 1 atom stereocenters. The van der Waals surface area contributed by atoms with Crippen LogP contribution in [0.5, 0.6) is 0 Å². The monoisotopic (exact) mass is 200 g/mol. The van der Waals surface area contributed by atoms with Crippen LogP contribution in [-0.2, 0) is 9.59 Å². The van der Waals surface area contributed by atoms with E-state index < -0.39 is 0 Å². The summed E-state index contributed by atoms with van der Waals surface area (Å²) in [6.45, 7) is 4.28. The average Bonchev–Trinajstić information content (AvgIpc) is 2.15. The lowest BCUT2D eigenvalue weighted by Crippen LogP contribution is -2.42. The van der Waals surface area contributed by atoms with Crippen LogP contribution in [0, 0.1) is 5.92 Å². The van der Waals surface area contributed by atoms with E-state index in [-0.39, 0.29) is 11.9 Å². The molecular weight excluding hydrogens is 180 g/mol. The van der Waals surface area contributed by atoms with Gasteiger partial charge in [0.2, 0.25) is 12.3 Å². The number of rotatable bonds is 7. The van der Waals surface area contributed by atoms with Gasteiger partial charge in [-0.25, -0.2) is 0 Å². The van der Waals surface area contributed by atoms with E-state index in [0.717, 1.165) is 12.8 Å². The van der Waals surface area contributed by atoms with Crippen molar-refractivity contribution in [1.29, 1.82) is 0 Å². The molecule has 0 fully saturated rings. The van der Waals surface area contributed by atoms with Crippen molar-refractivity contribution in [2.75, 3.05) is 7.05 Å². The van der Waals surface area contributed by atoms with Gasteiger partial charge in [-0.3, -0.25) is 9.59 Å². The largest absolute Gasteiger partial charge is 0.357 e. The minimum atomic E-state index is -0.378. The molecule has 82 valence electrons. The van der Waals surface area contributed by atoms with E-state index in [1.54, 1.807) is 7.05 Å². The molecule has 0 radical (unpaired) electrons. The molecule has 0 heterocycles. The van der Waals surface area contributed by atoms with Crippen LogP contribution in [0.4, 0.5) is 0 Å². The first-order chi connectivity index (χ1) is 6.61. The first-order valence-corrected chi connectivity index (χ1v) is 5.03. The van der Waals surface area contributed by atoms with Crippen molar-refractivity contribution in [2.45, 2.75) is 39.2 Å². The van der Waals surface area contributed by atoms with E-state index in [0.29, 0.717) is 18.7 Å². The number of likely N-dealkylation sites (N-methyl/N-ethyl adjacent to an activating group) is 1. The Hall–Kier alpha value is -1.06. The second kappa shape index (κ2) is 7.35. The first kappa shape index (κ1) is 12.9. The zero-order chi connectivity index (χ0) is 11.0. The van der Waals surface area contributed by atoms with Crippen LogP contribution in [0.25, 0.3) is 0 Å². The van der Waals surface area contributed by atoms with Gasteiger partial charge >= 0.3 is 0 Å². The number of hydrogen-bond acceptors (Lipinski definition) is 2. The Bertz CT molecular complexity index is 181. The summed E-state index contributed by atoms with van der Waals surface area (Å²) in [5.41, 5.74) is 0. The molecular formula is C10H20N2O2. The van der Waals surface area contributed by atoms with Crippen molar-refractivity contribution in [3.8, 4) is 0 Å². The van der Waals surface area contributed by atoms with Gasteiger partial charge in [0.05, 0.1) is 0 Å². The molecule has 0 aromatic rings. The van der Waals surface area contributed by atoms with Crippen LogP contribution in [0.2, 0.25) is 0 Å². The number of carbonyl (C=O) groups is 2. The molecule has 0 spiro atoms. The Balaban J connectivity index is 3.84. The minimum absolute atomic E-state index is 0.124. The van der Waals surface area contributed by atoms with Crippen LogP contribution in [0.3, 0.4) is 0 Å². The van der Waals surface area contributed by atoms with E-state index in [1.165, 1.54) is 0 Å². The van der Waals surface area contributed by atoms with Crippen molar-refractivity contribution in [3.63, 3.8) is 0 Å². The second-order valence-corrected chi connectivity index (χ2v) is 3.78. The van der Waals surface area contributed by atoms with Crippen LogP contribution in [0.1, 0.15) is 33.1 Å². The van der Waals surface area contributed by atoms with E-state index in [9.17, 15) is 9.59 Å². The van der Waals surface area contributed by atoms with Crippen molar-refractivity contribution < 1.29 is 9.59 Å². The molecule has 4 nitrogen and oxygen atoms in total. The summed E-state index contributed by atoms with van der Waals surface area (Å²) in [5.74, 6) is 0.512. The van der Waals surface area contributed by atoms with Gasteiger partial charge in [-0.1, -0.05) is 26.7 Å². The Kier molecular flexibility index (Phi) is 6.80. The third-order valence-electron chi connectivity index (χ3n) is 2.11. The Morgan fingerprint density at radius 1 is 1.36 bits per heavy atom. The Morgan fingerprint density at radius 3 is 2.43 bits per heavy atom. The molecule has 0 bridgehead atoms. The van der Waals surface area contributed by atoms with Gasteiger partial charge in [-0.15, -0.1) is 0 Å². The van der Waals surface area contributed by atoms with Crippen molar-refractivity contribution in [1.82, 2.24) is 10.6 Å². The molecule has 0 aromatic heterocycles. The number of hydrogen-bond donors (Lipinski definition) is 2. The summed E-state index contributed by atoms with van der Waals surface area (Å²) in [6, 6.07) is -0.378. The lowest BCUT2D eigenvalue weighted by molar-refractivity contribution is -0.125. The maximum Gasteiger partial charge on any atom is 0.242 e. The molecule has 0 aliphatic heterocycles. The zero-order valence-electron chi connectivity index (χ0n) is 9.17. The predicted molar refractivity (Wildman–Crippen MR) is 55.7 cm³/mol. The molecule has 0 saturated carbocycles. The molecule has 2 amide bonds. The van der Waals surface area contributed by atoms with Crippen LogP contribution < -0.4 is 10.6 Å². The molecule has 14 heavy (non-hydrogen) atoms. The number of nitrogens with one attached hydrogen (secondary N) is 2. The molecule has 0 aromatic carbocycles. The molecule has 1 unspecified atom stereocenters. The SMILES string of the molecule is CNC(=O)C(CCCC(C)C)NC=O. The van der Waals surface area contributed by atoms with E-state index in [1.807, 2.05) is 0 Å². The highest BCUT2D eigenvalue weighted by molar-refractivity contribution is 5.83. The molecule has 2 N–H and O–H groups in total. The van der Waals surface area contributed by atoms with Crippen molar-refractivity contribution in [3.05, 3.63) is 0 Å². The van der Waals surface area contributed by atoms with Crippen molar-refractivity contribution >= 4 is 12.3 Å². The fourth-order valence-electron chi connectivity index (χ4n) is 1.28. The van der Waals surface area contributed by atoms with E-state index in [2.05, 4.69) is 24.5 Å². The molecule has 4 heteroatoms. The minimum Gasteiger partial charge on any atom is -0.357 e. The summed E-state index contributed by atoms with van der Waals surface area (Å²) in [7, 11) is 1.57. The highest BCUT2D eigenvalue weighted by Crippen LogP contribution is 2.08. The Morgan fingerprint density at radius 2 is 2.00 bits per heavy atom. The van der Waals surface area contributed by atoms with Gasteiger partial charge in [0.25, 0.3) is 0 Å². The number of carbonyl (C=O) groups excluding carboxylic acids is 2. The average molecular weight is 200 g/mol. The summed E-state index contributed by atoms with van der Waals surface area (Å²) in [4.78, 5) is 21.5. The summed E-state index contributed by atoms with van der Waals surface area (Å²) in [6.07, 6.45) is 3.32. The summed E-state index contributed by atoms with van der Waals surface area (Å²) in [5, 5.41) is 5.04. The highest BCUT2D eigenvalue weighted by Gasteiger charge is 2.15. The lowest BCUT2D eigenvalue weighted by atomic mass is 10.0. The smallest absolute Gasteiger partial charge is 0.242 e. The lowest BCUT2D eigenvalue weighted by Gasteiger charge is -2.14. The second-order valence-electron chi connectivity index (χ2n) is 3.78. The quantitative estimate of drug-likeness (QED) is 0.593. The third kappa shape index (κ3) is 5.56. The first-order valence-electron chi connectivity index (χ1n) is 5.03. The summed E-state index contributed by atoms with van der Waals surface area (Å²) < 4.78 is 0. The molecule has 0 aliphatic carbocycles. The maximum atomic E-state index is 11.2. The molecule has 0 saturated heterocycles.